The molecule has 0 unspecified atom stereocenters. The maximum atomic E-state index is 6.15. The molecule has 0 saturated carbocycles. The van der Waals surface area contributed by atoms with Crippen molar-refractivity contribution < 1.29 is 24.5 Å². The van der Waals surface area contributed by atoms with Gasteiger partial charge in [-0.2, -0.15) is 0 Å². The zero-order chi connectivity index (χ0) is 31.7. The van der Waals surface area contributed by atoms with Crippen molar-refractivity contribution in [1.82, 2.24) is 14.5 Å². The van der Waals surface area contributed by atoms with Crippen LogP contribution < -0.4 is 5.19 Å². The fourth-order valence-electron chi connectivity index (χ4n) is 6.10. The van der Waals surface area contributed by atoms with Gasteiger partial charge in [-0.15, -0.1) is 53.6 Å². The second-order valence-corrected chi connectivity index (χ2v) is 18.3. The number of nitrogens with zero attached hydrogens (tertiary/aromatic N) is 3. The zero-order valence-corrected chi connectivity index (χ0v) is 31.1. The van der Waals surface area contributed by atoms with Crippen LogP contribution >= 0.6 is 0 Å². The Hall–Kier alpha value is -3.83. The van der Waals surface area contributed by atoms with Gasteiger partial charge in [-0.05, 0) is 48.3 Å². The molecule has 0 aliphatic heterocycles. The smallest absolute Gasteiger partial charge is 0.120 e. The van der Waals surface area contributed by atoms with E-state index in [0.717, 1.165) is 68.6 Å². The van der Waals surface area contributed by atoms with Gasteiger partial charge in [0, 0.05) is 38.2 Å². The minimum atomic E-state index is -1.35. The molecule has 0 aliphatic carbocycles. The van der Waals surface area contributed by atoms with Crippen LogP contribution in [0.1, 0.15) is 31.9 Å². The van der Waals surface area contributed by atoms with Gasteiger partial charge in [-0.25, -0.2) is 0 Å². The molecule has 0 saturated heterocycles. The van der Waals surface area contributed by atoms with Gasteiger partial charge in [0.1, 0.15) is 5.58 Å². The number of hydrogen-bond donors (Lipinski definition) is 0. The standard InChI is InChI=1S/C21H15N2O.C19H26NSi.Ir/c1-2-23-18-12-5-4-11-17(18)22-21(23)16-10-7-9-15-14-8-3-6-13-19(14)24-20(15)16;1-14(2)10-17-12-18(16-9-7-8-15(3)11-16)20-13-19(17)21(4,5)6;/h3-9,11-13H,2H2,1H3;7-8,11-14H,10H2,1-6H3;/q2*-1;. The monoisotopic (exact) mass is 800 g/mol. The Labute approximate surface area is 287 Å². The van der Waals surface area contributed by atoms with Crippen molar-refractivity contribution in [2.75, 3.05) is 0 Å². The average Bonchev–Trinajstić information content (AvgIpc) is 3.59. The number of aryl methyl sites for hydroxylation is 2. The molecule has 3 aromatic heterocycles. The predicted molar refractivity (Wildman–Crippen MR) is 192 cm³/mol. The van der Waals surface area contributed by atoms with E-state index >= 15 is 0 Å². The number of pyridine rings is 1. The van der Waals surface area contributed by atoms with Crippen LogP contribution in [0.3, 0.4) is 0 Å². The molecule has 6 heteroatoms. The normalized spacial score (nSPS) is 11.6. The van der Waals surface area contributed by atoms with E-state index < -0.39 is 8.07 Å². The molecule has 0 N–H and O–H groups in total. The SMILES string of the molecule is CCn1c(-c2[c-]ccc3c2oc2ccccc23)nc2ccccc21.Cc1cc[c-]c(-c2cc(CC(C)C)c([Si](C)(C)C)cn2)c1.[Ir]. The summed E-state index contributed by atoms with van der Waals surface area (Å²) >= 11 is 0. The van der Waals surface area contributed by atoms with E-state index in [1.807, 2.05) is 48.5 Å². The molecule has 4 nitrogen and oxygen atoms in total. The maximum Gasteiger partial charge on any atom is 0.120 e. The van der Waals surface area contributed by atoms with Crippen molar-refractivity contribution in [3.63, 3.8) is 0 Å². The van der Waals surface area contributed by atoms with Crippen molar-refractivity contribution in [2.24, 2.45) is 5.92 Å². The molecule has 3 heterocycles. The predicted octanol–water partition coefficient (Wildman–Crippen LogP) is 10.0. The zero-order valence-electron chi connectivity index (χ0n) is 27.7. The second-order valence-electron chi connectivity index (χ2n) is 13.2. The molecule has 0 atom stereocenters. The topological polar surface area (TPSA) is 43.9 Å². The van der Waals surface area contributed by atoms with E-state index in [-0.39, 0.29) is 20.1 Å². The molecular weight excluding hydrogens is 759 g/mol. The average molecular weight is 800 g/mol. The molecule has 7 aromatic rings. The molecule has 1 radical (unpaired) electrons. The minimum absolute atomic E-state index is 0. The van der Waals surface area contributed by atoms with Crippen LogP contribution in [0.2, 0.25) is 19.6 Å². The molecule has 0 fully saturated rings. The van der Waals surface area contributed by atoms with Gasteiger partial charge in [0.15, 0.2) is 0 Å². The molecular formula is C40H41IrN3OSi-2. The molecule has 7 rings (SSSR count). The Morgan fingerprint density at radius 3 is 2.37 bits per heavy atom. The number of imidazole rings is 1. The van der Waals surface area contributed by atoms with Crippen molar-refractivity contribution in [3.05, 3.63) is 114 Å². The fourth-order valence-corrected chi connectivity index (χ4v) is 7.69. The van der Waals surface area contributed by atoms with E-state index in [9.17, 15) is 0 Å². The van der Waals surface area contributed by atoms with Crippen LogP contribution in [0.15, 0.2) is 95.5 Å². The van der Waals surface area contributed by atoms with Crippen LogP contribution in [0.5, 0.6) is 0 Å². The van der Waals surface area contributed by atoms with Crippen LogP contribution in [0.4, 0.5) is 0 Å². The summed E-state index contributed by atoms with van der Waals surface area (Å²) in [5, 5.41) is 3.73. The first-order chi connectivity index (χ1) is 21.6. The van der Waals surface area contributed by atoms with Crippen molar-refractivity contribution >= 4 is 46.2 Å². The van der Waals surface area contributed by atoms with Crippen LogP contribution in [-0.4, -0.2) is 22.6 Å². The number of aromatic nitrogens is 3. The molecule has 0 aliphatic rings. The molecule has 237 valence electrons. The third-order valence-electron chi connectivity index (χ3n) is 8.19. The summed E-state index contributed by atoms with van der Waals surface area (Å²) in [6.45, 7) is 16.9. The van der Waals surface area contributed by atoms with Crippen molar-refractivity contribution in [2.45, 2.75) is 60.3 Å². The largest absolute Gasteiger partial charge is 0.501 e. The van der Waals surface area contributed by atoms with E-state index in [1.54, 1.807) is 0 Å². The summed E-state index contributed by atoms with van der Waals surface area (Å²) in [7, 11) is -1.35. The number of hydrogen-bond acceptors (Lipinski definition) is 3. The minimum Gasteiger partial charge on any atom is -0.501 e. The Balaban J connectivity index is 0.000000179. The number of rotatable bonds is 6. The van der Waals surface area contributed by atoms with Crippen molar-refractivity contribution in [3.8, 4) is 22.6 Å². The second kappa shape index (κ2) is 13.9. The fraction of sp³-hybridized carbons (Fsp3) is 0.250. The van der Waals surface area contributed by atoms with Gasteiger partial charge < -0.3 is 14.0 Å². The van der Waals surface area contributed by atoms with E-state index in [2.05, 4.69) is 107 Å². The summed E-state index contributed by atoms with van der Waals surface area (Å²) in [5.74, 6) is 1.57. The summed E-state index contributed by atoms with van der Waals surface area (Å²) < 4.78 is 8.36. The van der Waals surface area contributed by atoms with Gasteiger partial charge in [0.2, 0.25) is 0 Å². The van der Waals surface area contributed by atoms with Crippen LogP contribution in [0.25, 0.3) is 55.6 Å². The quantitative estimate of drug-likeness (QED) is 0.124. The Morgan fingerprint density at radius 1 is 0.891 bits per heavy atom. The molecule has 0 amide bonds. The van der Waals surface area contributed by atoms with Gasteiger partial charge in [0.25, 0.3) is 0 Å². The van der Waals surface area contributed by atoms with Gasteiger partial charge in [-0.3, -0.25) is 4.98 Å². The number of benzene rings is 4. The number of para-hydroxylation sites is 3. The first-order valence-electron chi connectivity index (χ1n) is 15.9. The van der Waals surface area contributed by atoms with E-state index in [1.165, 1.54) is 16.3 Å². The number of fused-ring (bicyclic) bond motifs is 4. The van der Waals surface area contributed by atoms with Crippen LogP contribution in [-0.2, 0) is 33.1 Å². The molecule has 0 bridgehead atoms. The maximum absolute atomic E-state index is 6.15. The van der Waals surface area contributed by atoms with Crippen LogP contribution in [0, 0.1) is 25.0 Å². The summed E-state index contributed by atoms with van der Waals surface area (Å²) in [6.07, 6.45) is 3.25. The number of furan rings is 1. The first-order valence-corrected chi connectivity index (χ1v) is 19.4. The Morgan fingerprint density at radius 2 is 1.63 bits per heavy atom. The van der Waals surface area contributed by atoms with E-state index in [4.69, 9.17) is 14.4 Å². The summed E-state index contributed by atoms with van der Waals surface area (Å²) in [4.78, 5) is 9.57. The first kappa shape index (κ1) is 33.5. The van der Waals surface area contributed by atoms with Gasteiger partial charge >= 0.3 is 0 Å². The van der Waals surface area contributed by atoms with E-state index in [0.29, 0.717) is 5.92 Å². The van der Waals surface area contributed by atoms with Gasteiger partial charge in [-0.1, -0.05) is 93.3 Å². The third-order valence-corrected chi connectivity index (χ3v) is 10.3. The van der Waals surface area contributed by atoms with Gasteiger partial charge in [0.05, 0.1) is 30.5 Å². The molecule has 0 spiro atoms. The Bertz CT molecular complexity index is 2120. The summed E-state index contributed by atoms with van der Waals surface area (Å²) in [6, 6.07) is 35.5. The third kappa shape index (κ3) is 6.80. The summed E-state index contributed by atoms with van der Waals surface area (Å²) in [5.41, 5.74) is 9.68. The van der Waals surface area contributed by atoms with Crippen molar-refractivity contribution in [1.29, 1.82) is 0 Å². The molecule has 4 aromatic carbocycles. The Kier molecular flexibility index (Phi) is 10.1. The molecule has 46 heavy (non-hydrogen) atoms.